The Balaban J connectivity index is 2.05. The van der Waals surface area contributed by atoms with Gasteiger partial charge in [0.15, 0.2) is 16.6 Å². The molecule has 1 heterocycles. The summed E-state index contributed by atoms with van der Waals surface area (Å²) in [6.07, 6.45) is 1.11. The van der Waals surface area contributed by atoms with Crippen molar-refractivity contribution in [2.45, 2.75) is 20.3 Å². The maximum Gasteiger partial charge on any atom is 0.183 e. The number of aromatic nitrogens is 1. The van der Waals surface area contributed by atoms with Crippen molar-refractivity contribution in [3.8, 4) is 22.8 Å². The number of hydrogen-bond acceptors (Lipinski definition) is 5. The molecule has 2 rings (SSSR count). The smallest absolute Gasteiger partial charge is 0.183 e. The summed E-state index contributed by atoms with van der Waals surface area (Å²) in [5, 5.41) is 24.9. The van der Waals surface area contributed by atoms with Gasteiger partial charge in [-0.1, -0.05) is 13.8 Å². The molecule has 0 aliphatic rings. The van der Waals surface area contributed by atoms with Crippen LogP contribution in [-0.4, -0.2) is 21.7 Å². The maximum atomic E-state index is 9.48. The molecule has 0 amide bonds. The van der Waals surface area contributed by atoms with Gasteiger partial charge in [0.1, 0.15) is 0 Å². The predicted molar refractivity (Wildman–Crippen MR) is 78.8 cm³/mol. The topological polar surface area (TPSA) is 65.4 Å². The first kappa shape index (κ1) is 13.7. The number of phenols is 2. The number of hydrogen-bond donors (Lipinski definition) is 3. The minimum Gasteiger partial charge on any atom is -0.504 e. The summed E-state index contributed by atoms with van der Waals surface area (Å²) >= 11 is 1.54. The average Bonchev–Trinajstić information content (AvgIpc) is 2.81. The standard InChI is InChI=1S/C14H18N2O2S/c1-9(2)5-6-15-14-16-11(8-19-14)10-3-4-12(17)13(18)7-10/h3-4,7-9,17-18H,5-6H2,1-2H3,(H,15,16). The number of aromatic hydroxyl groups is 2. The molecule has 1 aromatic carbocycles. The second kappa shape index (κ2) is 5.93. The SMILES string of the molecule is CC(C)CCNc1nc(-c2ccc(O)c(O)c2)cs1. The normalized spacial score (nSPS) is 10.9. The van der Waals surface area contributed by atoms with Gasteiger partial charge in [-0.05, 0) is 30.5 Å². The predicted octanol–water partition coefficient (Wildman–Crippen LogP) is 3.68. The molecule has 1 aromatic heterocycles. The summed E-state index contributed by atoms with van der Waals surface area (Å²) in [5.74, 6) is 0.426. The van der Waals surface area contributed by atoms with E-state index in [-0.39, 0.29) is 11.5 Å². The molecule has 0 aliphatic heterocycles. The molecule has 4 nitrogen and oxygen atoms in total. The molecule has 2 aromatic rings. The van der Waals surface area contributed by atoms with Crippen LogP contribution in [0.25, 0.3) is 11.3 Å². The van der Waals surface area contributed by atoms with Crippen LogP contribution in [0.1, 0.15) is 20.3 Å². The van der Waals surface area contributed by atoms with Crippen LogP contribution in [0.2, 0.25) is 0 Å². The second-order valence-corrected chi connectivity index (χ2v) is 5.71. The van der Waals surface area contributed by atoms with E-state index in [2.05, 4.69) is 24.1 Å². The van der Waals surface area contributed by atoms with Crippen LogP contribution in [0, 0.1) is 5.92 Å². The Labute approximate surface area is 116 Å². The maximum absolute atomic E-state index is 9.48. The molecular formula is C14H18N2O2S. The van der Waals surface area contributed by atoms with Crippen molar-refractivity contribution in [3.63, 3.8) is 0 Å². The van der Waals surface area contributed by atoms with Crippen LogP contribution >= 0.6 is 11.3 Å². The van der Waals surface area contributed by atoms with Gasteiger partial charge in [0, 0.05) is 17.5 Å². The molecule has 5 heteroatoms. The van der Waals surface area contributed by atoms with E-state index < -0.39 is 0 Å². The molecule has 0 aliphatic carbocycles. The van der Waals surface area contributed by atoms with E-state index in [0.29, 0.717) is 5.92 Å². The van der Waals surface area contributed by atoms with E-state index in [9.17, 15) is 10.2 Å². The summed E-state index contributed by atoms with van der Waals surface area (Å²) < 4.78 is 0. The van der Waals surface area contributed by atoms with Crippen molar-refractivity contribution < 1.29 is 10.2 Å². The Morgan fingerprint density at radius 3 is 2.74 bits per heavy atom. The lowest BCUT2D eigenvalue weighted by atomic mass is 10.1. The summed E-state index contributed by atoms with van der Waals surface area (Å²) in [4.78, 5) is 4.46. The fourth-order valence-corrected chi connectivity index (χ4v) is 2.39. The second-order valence-electron chi connectivity index (χ2n) is 4.85. The lowest BCUT2D eigenvalue weighted by molar-refractivity contribution is 0.404. The van der Waals surface area contributed by atoms with E-state index >= 15 is 0 Å². The van der Waals surface area contributed by atoms with Gasteiger partial charge in [-0.3, -0.25) is 0 Å². The van der Waals surface area contributed by atoms with Crippen molar-refractivity contribution in [3.05, 3.63) is 23.6 Å². The van der Waals surface area contributed by atoms with E-state index in [1.165, 1.54) is 23.5 Å². The molecule has 0 spiro atoms. The molecular weight excluding hydrogens is 260 g/mol. The van der Waals surface area contributed by atoms with Crippen molar-refractivity contribution in [2.75, 3.05) is 11.9 Å². The first-order valence-corrected chi connectivity index (χ1v) is 7.16. The highest BCUT2D eigenvalue weighted by Gasteiger charge is 2.07. The first-order chi connectivity index (χ1) is 9.06. The van der Waals surface area contributed by atoms with Gasteiger partial charge in [-0.15, -0.1) is 11.3 Å². The summed E-state index contributed by atoms with van der Waals surface area (Å²) in [6, 6.07) is 4.72. The first-order valence-electron chi connectivity index (χ1n) is 6.28. The molecule has 19 heavy (non-hydrogen) atoms. The zero-order valence-corrected chi connectivity index (χ0v) is 11.9. The fourth-order valence-electron chi connectivity index (χ4n) is 1.64. The van der Waals surface area contributed by atoms with Crippen molar-refractivity contribution in [2.24, 2.45) is 5.92 Å². The summed E-state index contributed by atoms with van der Waals surface area (Å²) in [5.41, 5.74) is 1.59. The number of thiazole rings is 1. The zero-order valence-electron chi connectivity index (χ0n) is 11.1. The minimum atomic E-state index is -0.125. The Hall–Kier alpha value is -1.75. The fraction of sp³-hybridized carbons (Fsp3) is 0.357. The van der Waals surface area contributed by atoms with Gasteiger partial charge < -0.3 is 15.5 Å². The van der Waals surface area contributed by atoms with Crippen LogP contribution in [0.4, 0.5) is 5.13 Å². The molecule has 0 radical (unpaired) electrons. The number of rotatable bonds is 5. The molecule has 0 saturated heterocycles. The number of nitrogens with one attached hydrogen (secondary N) is 1. The Kier molecular flexibility index (Phi) is 4.27. The zero-order chi connectivity index (χ0) is 13.8. The van der Waals surface area contributed by atoms with Gasteiger partial charge in [-0.25, -0.2) is 4.98 Å². The Morgan fingerprint density at radius 2 is 2.05 bits per heavy atom. The number of anilines is 1. The highest BCUT2D eigenvalue weighted by molar-refractivity contribution is 7.14. The molecule has 0 saturated carbocycles. The molecule has 3 N–H and O–H groups in total. The molecule has 0 bridgehead atoms. The van der Waals surface area contributed by atoms with Crippen molar-refractivity contribution in [1.29, 1.82) is 0 Å². The Morgan fingerprint density at radius 1 is 1.26 bits per heavy atom. The van der Waals surface area contributed by atoms with Crippen LogP contribution in [0.5, 0.6) is 11.5 Å². The van der Waals surface area contributed by atoms with Crippen LogP contribution in [-0.2, 0) is 0 Å². The molecule has 0 fully saturated rings. The number of benzene rings is 1. The van der Waals surface area contributed by atoms with Crippen LogP contribution in [0.15, 0.2) is 23.6 Å². The number of nitrogens with zero attached hydrogens (tertiary/aromatic N) is 1. The highest BCUT2D eigenvalue weighted by Crippen LogP contribution is 2.31. The van der Waals surface area contributed by atoms with E-state index in [0.717, 1.165) is 29.4 Å². The summed E-state index contributed by atoms with van der Waals surface area (Å²) in [6.45, 7) is 5.29. The van der Waals surface area contributed by atoms with Crippen LogP contribution < -0.4 is 5.32 Å². The van der Waals surface area contributed by atoms with E-state index in [1.807, 2.05) is 5.38 Å². The largest absolute Gasteiger partial charge is 0.504 e. The van der Waals surface area contributed by atoms with Gasteiger partial charge in [0.25, 0.3) is 0 Å². The molecule has 0 atom stereocenters. The Bertz CT molecular complexity index is 552. The quantitative estimate of drug-likeness (QED) is 0.730. The molecule has 102 valence electrons. The monoisotopic (exact) mass is 278 g/mol. The van der Waals surface area contributed by atoms with Gasteiger partial charge in [0.05, 0.1) is 5.69 Å². The van der Waals surface area contributed by atoms with Crippen LogP contribution in [0.3, 0.4) is 0 Å². The molecule has 0 unspecified atom stereocenters. The van der Waals surface area contributed by atoms with Gasteiger partial charge >= 0.3 is 0 Å². The number of phenolic OH excluding ortho intramolecular Hbond substituents is 2. The third kappa shape index (κ3) is 3.61. The third-order valence-electron chi connectivity index (χ3n) is 2.77. The van der Waals surface area contributed by atoms with Gasteiger partial charge in [0.2, 0.25) is 0 Å². The van der Waals surface area contributed by atoms with E-state index in [4.69, 9.17) is 0 Å². The van der Waals surface area contributed by atoms with Crippen molar-refractivity contribution >= 4 is 16.5 Å². The van der Waals surface area contributed by atoms with Crippen molar-refractivity contribution in [1.82, 2.24) is 4.98 Å². The lowest BCUT2D eigenvalue weighted by Gasteiger charge is -2.04. The highest BCUT2D eigenvalue weighted by atomic mass is 32.1. The van der Waals surface area contributed by atoms with E-state index in [1.54, 1.807) is 6.07 Å². The lowest BCUT2D eigenvalue weighted by Crippen LogP contribution is -2.04. The average molecular weight is 278 g/mol. The summed E-state index contributed by atoms with van der Waals surface area (Å²) in [7, 11) is 0. The minimum absolute atomic E-state index is 0.116. The third-order valence-corrected chi connectivity index (χ3v) is 3.57. The van der Waals surface area contributed by atoms with Gasteiger partial charge in [-0.2, -0.15) is 0 Å².